The normalized spacial score (nSPS) is 11.4. The summed E-state index contributed by atoms with van der Waals surface area (Å²) >= 11 is 5.05. The van der Waals surface area contributed by atoms with Gasteiger partial charge in [0.25, 0.3) is 5.91 Å². The van der Waals surface area contributed by atoms with Crippen LogP contribution in [0.1, 0.15) is 55.8 Å². The Bertz CT molecular complexity index is 408. The maximum atomic E-state index is 12.7. The van der Waals surface area contributed by atoms with Gasteiger partial charge in [-0.2, -0.15) is 0 Å². The minimum absolute atomic E-state index is 0.185. The van der Waals surface area contributed by atoms with E-state index in [-0.39, 0.29) is 5.91 Å². The van der Waals surface area contributed by atoms with Crippen LogP contribution in [0.4, 0.5) is 0 Å². The molecule has 1 rings (SSSR count). The lowest BCUT2D eigenvalue weighted by Gasteiger charge is -2.24. The minimum atomic E-state index is 0.185. The first-order valence-electron chi connectivity index (χ1n) is 7.36. The molecule has 0 aromatic carbocycles. The molecule has 0 atom stereocenters. The monoisotopic (exact) mass is 359 g/mol. The van der Waals surface area contributed by atoms with Crippen LogP contribution in [0, 0.1) is 18.8 Å². The van der Waals surface area contributed by atoms with Gasteiger partial charge in [0, 0.05) is 13.1 Å². The number of aryl methyl sites for hydroxylation is 1. The number of thiophene rings is 1. The topological polar surface area (TPSA) is 20.3 Å². The zero-order valence-electron chi connectivity index (χ0n) is 13.2. The van der Waals surface area contributed by atoms with Crippen molar-refractivity contribution in [2.45, 2.75) is 47.5 Å². The van der Waals surface area contributed by atoms with Crippen LogP contribution in [0.25, 0.3) is 0 Å². The molecule has 2 nitrogen and oxygen atoms in total. The predicted molar refractivity (Wildman–Crippen MR) is 91.6 cm³/mol. The molecule has 0 N–H and O–H groups in total. The summed E-state index contributed by atoms with van der Waals surface area (Å²) in [6.45, 7) is 12.6. The maximum absolute atomic E-state index is 12.7. The molecule has 0 saturated carbocycles. The first-order chi connectivity index (χ1) is 9.31. The lowest BCUT2D eigenvalue weighted by molar-refractivity contribution is 0.0745. The summed E-state index contributed by atoms with van der Waals surface area (Å²) in [6, 6.07) is 1.99. The van der Waals surface area contributed by atoms with Gasteiger partial charge in [0.1, 0.15) is 0 Å². The van der Waals surface area contributed by atoms with E-state index in [1.807, 2.05) is 17.9 Å². The molecule has 1 heterocycles. The van der Waals surface area contributed by atoms with Gasteiger partial charge in [-0.15, -0.1) is 11.3 Å². The summed E-state index contributed by atoms with van der Waals surface area (Å²) in [4.78, 5) is 15.5. The summed E-state index contributed by atoms with van der Waals surface area (Å²) in [6.07, 6.45) is 2.13. The quantitative estimate of drug-likeness (QED) is 0.642. The fraction of sp³-hybridized carbons (Fsp3) is 0.688. The van der Waals surface area contributed by atoms with Crippen LogP contribution in [0.15, 0.2) is 9.85 Å². The SMILES string of the molecule is Cc1cc(C(=O)N(CCC(C)C)CCC(C)C)sc1Br. The van der Waals surface area contributed by atoms with E-state index in [0.717, 1.165) is 40.2 Å². The van der Waals surface area contributed by atoms with Crippen molar-refractivity contribution in [2.24, 2.45) is 11.8 Å². The van der Waals surface area contributed by atoms with Crippen LogP contribution in [-0.2, 0) is 0 Å². The second-order valence-electron chi connectivity index (χ2n) is 6.22. The number of rotatable bonds is 7. The molecule has 0 spiro atoms. The van der Waals surface area contributed by atoms with Crippen LogP contribution in [0.3, 0.4) is 0 Å². The standard InChI is InChI=1S/C16H26BrNOS/c1-11(2)6-8-18(9-7-12(3)4)16(19)14-10-13(5)15(17)20-14/h10-12H,6-9H2,1-5H3. The molecule has 0 radical (unpaired) electrons. The summed E-state index contributed by atoms with van der Waals surface area (Å²) < 4.78 is 1.06. The number of hydrogen-bond donors (Lipinski definition) is 0. The predicted octanol–water partition coefficient (Wildman–Crippen LogP) is 5.35. The third kappa shape index (κ3) is 5.57. The average molecular weight is 360 g/mol. The highest BCUT2D eigenvalue weighted by Gasteiger charge is 2.19. The van der Waals surface area contributed by atoms with Gasteiger partial charge < -0.3 is 4.90 Å². The van der Waals surface area contributed by atoms with Crippen LogP contribution >= 0.6 is 27.3 Å². The van der Waals surface area contributed by atoms with E-state index in [9.17, 15) is 4.79 Å². The molecule has 1 aromatic heterocycles. The highest BCUT2D eigenvalue weighted by molar-refractivity contribution is 9.11. The van der Waals surface area contributed by atoms with Crippen molar-refractivity contribution in [3.63, 3.8) is 0 Å². The van der Waals surface area contributed by atoms with E-state index in [4.69, 9.17) is 0 Å². The van der Waals surface area contributed by atoms with Gasteiger partial charge >= 0.3 is 0 Å². The molecule has 114 valence electrons. The smallest absolute Gasteiger partial charge is 0.263 e. The average Bonchev–Trinajstić information content (AvgIpc) is 2.68. The Balaban J connectivity index is 2.76. The van der Waals surface area contributed by atoms with Crippen molar-refractivity contribution in [2.75, 3.05) is 13.1 Å². The molecule has 0 aliphatic heterocycles. The summed E-state index contributed by atoms with van der Waals surface area (Å²) in [5.74, 6) is 1.44. The highest BCUT2D eigenvalue weighted by Crippen LogP contribution is 2.28. The van der Waals surface area contributed by atoms with E-state index in [1.54, 1.807) is 11.3 Å². The van der Waals surface area contributed by atoms with Gasteiger partial charge in [-0.25, -0.2) is 0 Å². The first kappa shape index (κ1) is 17.7. The van der Waals surface area contributed by atoms with Gasteiger partial charge in [-0.1, -0.05) is 27.7 Å². The van der Waals surface area contributed by atoms with Crippen LogP contribution in [0.5, 0.6) is 0 Å². The molecule has 0 saturated heterocycles. The molecule has 0 unspecified atom stereocenters. The highest BCUT2D eigenvalue weighted by atomic mass is 79.9. The second-order valence-corrected chi connectivity index (χ2v) is 8.59. The minimum Gasteiger partial charge on any atom is -0.338 e. The molecule has 0 aliphatic carbocycles. The number of carbonyl (C=O) groups excluding carboxylic acids is 1. The second kappa shape index (κ2) is 8.18. The van der Waals surface area contributed by atoms with Gasteiger partial charge in [0.15, 0.2) is 0 Å². The lowest BCUT2D eigenvalue weighted by atomic mass is 10.1. The largest absolute Gasteiger partial charge is 0.338 e. The summed E-state index contributed by atoms with van der Waals surface area (Å²) in [5.41, 5.74) is 1.14. The van der Waals surface area contributed by atoms with E-state index in [2.05, 4.69) is 43.6 Å². The van der Waals surface area contributed by atoms with Crippen molar-refractivity contribution in [3.8, 4) is 0 Å². The molecular formula is C16H26BrNOS. The zero-order valence-corrected chi connectivity index (χ0v) is 15.6. The van der Waals surface area contributed by atoms with Gasteiger partial charge in [0.2, 0.25) is 0 Å². The number of halogens is 1. The van der Waals surface area contributed by atoms with Crippen LogP contribution in [0.2, 0.25) is 0 Å². The van der Waals surface area contributed by atoms with Crippen molar-refractivity contribution >= 4 is 33.2 Å². The van der Waals surface area contributed by atoms with E-state index < -0.39 is 0 Å². The van der Waals surface area contributed by atoms with E-state index in [0.29, 0.717) is 11.8 Å². The van der Waals surface area contributed by atoms with Crippen molar-refractivity contribution < 1.29 is 4.79 Å². The summed E-state index contributed by atoms with van der Waals surface area (Å²) in [5, 5.41) is 0. The maximum Gasteiger partial charge on any atom is 0.263 e. The lowest BCUT2D eigenvalue weighted by Crippen LogP contribution is -2.33. The zero-order chi connectivity index (χ0) is 15.3. The first-order valence-corrected chi connectivity index (χ1v) is 8.97. The van der Waals surface area contributed by atoms with E-state index >= 15 is 0 Å². The summed E-state index contributed by atoms with van der Waals surface area (Å²) in [7, 11) is 0. The Hall–Kier alpha value is -0.350. The Morgan fingerprint density at radius 3 is 2.05 bits per heavy atom. The van der Waals surface area contributed by atoms with Crippen LogP contribution < -0.4 is 0 Å². The van der Waals surface area contributed by atoms with E-state index in [1.165, 1.54) is 0 Å². The number of carbonyl (C=O) groups is 1. The Morgan fingerprint density at radius 1 is 1.20 bits per heavy atom. The molecule has 1 aromatic rings. The van der Waals surface area contributed by atoms with Crippen molar-refractivity contribution in [1.29, 1.82) is 0 Å². The van der Waals surface area contributed by atoms with Crippen molar-refractivity contribution in [3.05, 3.63) is 20.3 Å². The molecule has 1 amide bonds. The molecule has 20 heavy (non-hydrogen) atoms. The molecule has 0 aliphatic rings. The molecule has 0 bridgehead atoms. The molecule has 4 heteroatoms. The van der Waals surface area contributed by atoms with Crippen LogP contribution in [-0.4, -0.2) is 23.9 Å². The van der Waals surface area contributed by atoms with Crippen molar-refractivity contribution in [1.82, 2.24) is 4.90 Å². The number of hydrogen-bond acceptors (Lipinski definition) is 2. The fourth-order valence-corrected chi connectivity index (χ4v) is 3.37. The number of amides is 1. The van der Waals surface area contributed by atoms with Gasteiger partial charge in [0.05, 0.1) is 8.66 Å². The van der Waals surface area contributed by atoms with Gasteiger partial charge in [-0.3, -0.25) is 4.79 Å². The molecular weight excluding hydrogens is 334 g/mol. The number of nitrogens with zero attached hydrogens (tertiary/aromatic N) is 1. The Morgan fingerprint density at radius 2 is 1.70 bits per heavy atom. The third-order valence-corrected chi connectivity index (χ3v) is 5.43. The van der Waals surface area contributed by atoms with Gasteiger partial charge in [-0.05, 0) is 59.2 Å². The Kier molecular flexibility index (Phi) is 7.24. The Labute approximate surface area is 135 Å². The molecule has 0 fully saturated rings. The fourth-order valence-electron chi connectivity index (χ4n) is 1.86. The third-order valence-electron chi connectivity index (χ3n) is 3.31.